The van der Waals surface area contributed by atoms with E-state index in [1.165, 1.54) is 59.2 Å². The molecule has 3 heteroatoms. The molecule has 0 radical (unpaired) electrons. The predicted molar refractivity (Wildman–Crippen MR) is 150 cm³/mol. The summed E-state index contributed by atoms with van der Waals surface area (Å²) in [6.07, 6.45) is 7.27. The number of fused-ring (bicyclic) bond motifs is 6. The van der Waals surface area contributed by atoms with E-state index < -0.39 is 0 Å². The van der Waals surface area contributed by atoms with Crippen LogP contribution in [0.4, 0.5) is 0 Å². The number of hydrogen-bond donors (Lipinski definition) is 0. The van der Waals surface area contributed by atoms with Gasteiger partial charge >= 0.3 is 0 Å². The summed E-state index contributed by atoms with van der Waals surface area (Å²) in [7, 11) is 0. The molecule has 0 unspecified atom stereocenters. The van der Waals surface area contributed by atoms with Gasteiger partial charge in [-0.05, 0) is 82.3 Å². The molecule has 1 aliphatic carbocycles. The minimum Gasteiger partial charge on any atom is -0.256 e. The molecular weight excluding hydrogens is 444 g/mol. The van der Waals surface area contributed by atoms with E-state index in [-0.39, 0.29) is 5.41 Å². The molecule has 0 bridgehead atoms. The molecule has 0 aliphatic heterocycles. The third-order valence-corrected chi connectivity index (χ3v) is 8.45. The summed E-state index contributed by atoms with van der Waals surface area (Å²) < 4.78 is 1.31. The fourth-order valence-electron chi connectivity index (χ4n) is 5.70. The van der Waals surface area contributed by atoms with Crippen LogP contribution in [0.2, 0.25) is 0 Å². The van der Waals surface area contributed by atoms with Crippen molar-refractivity contribution < 1.29 is 0 Å². The number of hydrogen-bond acceptors (Lipinski definition) is 3. The zero-order valence-corrected chi connectivity index (χ0v) is 22.1. The van der Waals surface area contributed by atoms with Crippen LogP contribution in [0.3, 0.4) is 0 Å². The van der Waals surface area contributed by atoms with E-state index >= 15 is 0 Å². The van der Waals surface area contributed by atoms with E-state index in [0.29, 0.717) is 5.92 Å². The maximum Gasteiger partial charge on any atom is 0.0796 e. The van der Waals surface area contributed by atoms with Crippen LogP contribution in [0, 0.1) is 5.92 Å². The zero-order valence-electron chi connectivity index (χ0n) is 21.3. The van der Waals surface area contributed by atoms with E-state index in [2.05, 4.69) is 83.1 Å². The average Bonchev–Trinajstić information content (AvgIpc) is 3.22. The molecule has 3 aromatic heterocycles. The molecule has 35 heavy (non-hydrogen) atoms. The van der Waals surface area contributed by atoms with Gasteiger partial charge in [0.2, 0.25) is 0 Å². The van der Waals surface area contributed by atoms with Crippen LogP contribution in [0.5, 0.6) is 0 Å². The van der Waals surface area contributed by atoms with Gasteiger partial charge in [-0.15, -0.1) is 11.3 Å². The monoisotopic (exact) mass is 476 g/mol. The van der Waals surface area contributed by atoms with E-state index in [1.807, 2.05) is 23.7 Å². The Morgan fingerprint density at radius 1 is 0.914 bits per heavy atom. The fraction of sp³-hybridized carbons (Fsp3) is 0.312. The largest absolute Gasteiger partial charge is 0.256 e. The van der Waals surface area contributed by atoms with Crippen molar-refractivity contribution in [2.75, 3.05) is 0 Å². The van der Waals surface area contributed by atoms with Crippen molar-refractivity contribution in [1.82, 2.24) is 9.97 Å². The molecule has 0 saturated heterocycles. The topological polar surface area (TPSA) is 25.8 Å². The smallest absolute Gasteiger partial charge is 0.0796 e. The first-order chi connectivity index (χ1) is 16.8. The molecule has 176 valence electrons. The van der Waals surface area contributed by atoms with Crippen LogP contribution in [-0.2, 0) is 24.7 Å². The van der Waals surface area contributed by atoms with Gasteiger partial charge in [-0.1, -0.05) is 58.9 Å². The molecular formula is C32H32N2S. The van der Waals surface area contributed by atoms with Gasteiger partial charge in [-0.2, -0.15) is 0 Å². The average molecular weight is 477 g/mol. The Hall–Kier alpha value is -3.04. The molecule has 2 aromatic carbocycles. The Labute approximate surface area is 212 Å². The first-order valence-corrected chi connectivity index (χ1v) is 13.5. The SMILES string of the molecule is CC(C)Cc1ccnc2c1CCc1sc3ccnc(-c4cc(C(C)(C)C)c5ccccc5c4)c3c1-2. The summed E-state index contributed by atoms with van der Waals surface area (Å²) in [6.45, 7) is 11.5. The first kappa shape index (κ1) is 22.4. The molecule has 5 aromatic rings. The third kappa shape index (κ3) is 3.77. The van der Waals surface area contributed by atoms with Crippen LogP contribution >= 0.6 is 11.3 Å². The van der Waals surface area contributed by atoms with Gasteiger partial charge in [0.25, 0.3) is 0 Å². The van der Waals surface area contributed by atoms with E-state index in [9.17, 15) is 0 Å². The summed E-state index contributed by atoms with van der Waals surface area (Å²) in [5.74, 6) is 0.632. The number of thiophene rings is 1. The van der Waals surface area contributed by atoms with Crippen LogP contribution in [-0.4, -0.2) is 9.97 Å². The predicted octanol–water partition coefficient (Wildman–Crippen LogP) is 8.77. The van der Waals surface area contributed by atoms with Gasteiger partial charge in [0.15, 0.2) is 0 Å². The van der Waals surface area contributed by atoms with E-state index in [4.69, 9.17) is 9.97 Å². The van der Waals surface area contributed by atoms with Crippen molar-refractivity contribution in [3.8, 4) is 22.5 Å². The van der Waals surface area contributed by atoms with Gasteiger partial charge in [0, 0.05) is 38.5 Å². The highest BCUT2D eigenvalue weighted by Crippen LogP contribution is 2.47. The number of aromatic nitrogens is 2. The van der Waals surface area contributed by atoms with Crippen molar-refractivity contribution in [2.24, 2.45) is 5.92 Å². The van der Waals surface area contributed by atoms with Crippen molar-refractivity contribution in [2.45, 2.75) is 59.3 Å². The maximum absolute atomic E-state index is 5.01. The Kier molecular flexibility index (Phi) is 5.30. The number of benzene rings is 2. The highest BCUT2D eigenvalue weighted by molar-refractivity contribution is 7.19. The molecule has 2 nitrogen and oxygen atoms in total. The van der Waals surface area contributed by atoms with Crippen LogP contribution in [0.25, 0.3) is 43.4 Å². The Balaban J connectivity index is 1.64. The maximum atomic E-state index is 5.01. The van der Waals surface area contributed by atoms with Crippen molar-refractivity contribution in [1.29, 1.82) is 0 Å². The lowest BCUT2D eigenvalue weighted by Gasteiger charge is -2.23. The molecule has 0 spiro atoms. The molecule has 0 atom stereocenters. The molecule has 1 aliphatic rings. The van der Waals surface area contributed by atoms with Crippen molar-refractivity contribution in [3.63, 3.8) is 0 Å². The van der Waals surface area contributed by atoms with Gasteiger partial charge in [-0.3, -0.25) is 9.97 Å². The van der Waals surface area contributed by atoms with Crippen LogP contribution in [0.1, 0.15) is 56.2 Å². The van der Waals surface area contributed by atoms with Crippen molar-refractivity contribution >= 4 is 32.2 Å². The molecule has 3 heterocycles. The minimum absolute atomic E-state index is 0.0392. The molecule has 0 N–H and O–H groups in total. The normalized spacial score (nSPS) is 13.4. The fourth-order valence-corrected chi connectivity index (χ4v) is 6.90. The number of pyridine rings is 2. The first-order valence-electron chi connectivity index (χ1n) is 12.7. The van der Waals surface area contributed by atoms with Gasteiger partial charge in [-0.25, -0.2) is 0 Å². The summed E-state index contributed by atoms with van der Waals surface area (Å²) in [4.78, 5) is 11.4. The second kappa shape index (κ2) is 8.27. The second-order valence-corrected chi connectivity index (χ2v) is 12.5. The lowest BCUT2D eigenvalue weighted by molar-refractivity contribution is 0.596. The quantitative estimate of drug-likeness (QED) is 0.260. The summed E-state index contributed by atoms with van der Waals surface area (Å²) >= 11 is 1.93. The minimum atomic E-state index is 0.0392. The van der Waals surface area contributed by atoms with Gasteiger partial charge in [0.1, 0.15) is 0 Å². The third-order valence-electron chi connectivity index (χ3n) is 7.24. The van der Waals surface area contributed by atoms with Crippen molar-refractivity contribution in [3.05, 3.63) is 82.5 Å². The molecule has 0 fully saturated rings. The highest BCUT2D eigenvalue weighted by atomic mass is 32.1. The van der Waals surface area contributed by atoms with E-state index in [0.717, 1.165) is 25.0 Å². The summed E-state index contributed by atoms with van der Waals surface area (Å²) in [5, 5.41) is 3.88. The molecule has 0 amide bonds. The van der Waals surface area contributed by atoms with Crippen LogP contribution < -0.4 is 0 Å². The van der Waals surface area contributed by atoms with E-state index in [1.54, 1.807) is 0 Å². The lowest BCUT2D eigenvalue weighted by atomic mass is 9.81. The Morgan fingerprint density at radius 2 is 1.69 bits per heavy atom. The Bertz CT molecular complexity index is 1580. The van der Waals surface area contributed by atoms with Gasteiger partial charge in [0.05, 0.1) is 11.4 Å². The Morgan fingerprint density at radius 3 is 2.49 bits per heavy atom. The number of rotatable bonds is 3. The number of aryl methyl sites for hydroxylation is 1. The molecule has 0 saturated carbocycles. The summed E-state index contributed by atoms with van der Waals surface area (Å²) in [5.41, 5.74) is 9.10. The second-order valence-electron chi connectivity index (χ2n) is 11.3. The highest BCUT2D eigenvalue weighted by Gasteiger charge is 2.27. The zero-order chi connectivity index (χ0) is 24.3. The standard InChI is InChI=1S/C32H32N2S/c1-19(2)16-21-12-14-34-31-24(21)10-11-26-29(31)28-27(35-26)13-15-33-30(28)22-17-20-8-6-7-9-23(20)25(18-22)32(3,4)5/h6-9,12-15,17-19H,10-11,16H2,1-5H3. The van der Waals surface area contributed by atoms with Gasteiger partial charge < -0.3 is 0 Å². The molecule has 6 rings (SSSR count). The van der Waals surface area contributed by atoms with Crippen LogP contribution in [0.15, 0.2) is 60.9 Å². The number of nitrogens with zero attached hydrogens (tertiary/aromatic N) is 2. The summed E-state index contributed by atoms with van der Waals surface area (Å²) in [6, 6.07) is 17.9. The lowest BCUT2D eigenvalue weighted by Crippen LogP contribution is -2.12.